The van der Waals surface area contributed by atoms with Crippen molar-refractivity contribution in [3.63, 3.8) is 0 Å². The summed E-state index contributed by atoms with van der Waals surface area (Å²) in [5.74, 6) is 0.283. The Morgan fingerprint density at radius 3 is 2.37 bits per heavy atom. The maximum Gasteiger partial charge on any atom is 0.177 e. The van der Waals surface area contributed by atoms with Gasteiger partial charge in [-0.05, 0) is 32.9 Å². The highest BCUT2D eigenvalue weighted by molar-refractivity contribution is 7.12. The van der Waals surface area contributed by atoms with Gasteiger partial charge in [-0.2, -0.15) is 0 Å². The van der Waals surface area contributed by atoms with E-state index in [-0.39, 0.29) is 5.78 Å². The molecule has 0 spiro atoms. The van der Waals surface area contributed by atoms with E-state index in [9.17, 15) is 4.79 Å². The van der Waals surface area contributed by atoms with Gasteiger partial charge in [0.25, 0.3) is 0 Å². The van der Waals surface area contributed by atoms with Gasteiger partial charge >= 0.3 is 0 Å². The van der Waals surface area contributed by atoms with Crippen LogP contribution in [0.15, 0.2) is 6.07 Å². The van der Waals surface area contributed by atoms with Crippen molar-refractivity contribution in [1.29, 1.82) is 0 Å². The van der Waals surface area contributed by atoms with E-state index in [1.807, 2.05) is 13.0 Å². The number of carbonyl (C=O) groups is 1. The minimum Gasteiger partial charge on any atom is -0.301 e. The zero-order valence-corrected chi connectivity index (χ0v) is 13.1. The molecule has 1 saturated heterocycles. The van der Waals surface area contributed by atoms with Crippen LogP contribution in [0, 0.1) is 13.8 Å². The lowest BCUT2D eigenvalue weighted by atomic mass is 10.1. The maximum absolute atomic E-state index is 12.3. The average molecular weight is 280 g/mol. The molecule has 1 aliphatic rings. The number of hydrogen-bond donors (Lipinski definition) is 0. The molecule has 0 saturated carbocycles. The SMILES string of the molecule is CCCN1CCN(CC(=O)c2cc(C)sc2C)CC1. The fourth-order valence-electron chi connectivity index (χ4n) is 2.68. The quantitative estimate of drug-likeness (QED) is 0.775. The molecule has 0 bridgehead atoms. The molecule has 0 atom stereocenters. The fraction of sp³-hybridized carbons (Fsp3) is 0.667. The summed E-state index contributed by atoms with van der Waals surface area (Å²) in [6.07, 6.45) is 1.21. The largest absolute Gasteiger partial charge is 0.301 e. The van der Waals surface area contributed by atoms with E-state index in [1.54, 1.807) is 11.3 Å². The number of hydrogen-bond acceptors (Lipinski definition) is 4. The summed E-state index contributed by atoms with van der Waals surface area (Å²) in [5.41, 5.74) is 0.929. The summed E-state index contributed by atoms with van der Waals surface area (Å²) in [6.45, 7) is 12.3. The third-order valence-electron chi connectivity index (χ3n) is 3.71. The van der Waals surface area contributed by atoms with Crippen LogP contribution in [-0.4, -0.2) is 54.9 Å². The molecule has 4 heteroatoms. The Morgan fingerprint density at radius 1 is 1.21 bits per heavy atom. The molecule has 1 aromatic heterocycles. The second-order valence-electron chi connectivity index (χ2n) is 5.37. The Labute approximate surface area is 120 Å². The first-order valence-corrected chi connectivity index (χ1v) is 7.96. The van der Waals surface area contributed by atoms with Gasteiger partial charge in [0.05, 0.1) is 6.54 Å². The van der Waals surface area contributed by atoms with Crippen molar-refractivity contribution in [2.24, 2.45) is 0 Å². The van der Waals surface area contributed by atoms with E-state index >= 15 is 0 Å². The van der Waals surface area contributed by atoms with E-state index in [1.165, 1.54) is 17.8 Å². The van der Waals surface area contributed by atoms with Crippen molar-refractivity contribution >= 4 is 17.1 Å². The van der Waals surface area contributed by atoms with Gasteiger partial charge < -0.3 is 4.90 Å². The number of carbonyl (C=O) groups excluding carboxylic acids is 1. The normalized spacial score (nSPS) is 17.8. The third kappa shape index (κ3) is 3.88. The van der Waals surface area contributed by atoms with Gasteiger partial charge in [-0.15, -0.1) is 11.3 Å². The first kappa shape index (κ1) is 14.7. The topological polar surface area (TPSA) is 23.6 Å². The van der Waals surface area contributed by atoms with E-state index in [2.05, 4.69) is 23.6 Å². The Kier molecular flexibility index (Phi) is 5.13. The lowest BCUT2D eigenvalue weighted by molar-refractivity contribution is 0.0853. The predicted molar refractivity (Wildman–Crippen MR) is 81.3 cm³/mol. The van der Waals surface area contributed by atoms with E-state index in [0.717, 1.165) is 36.6 Å². The molecule has 0 aromatic carbocycles. The predicted octanol–water partition coefficient (Wildman–Crippen LogP) is 2.58. The third-order valence-corrected chi connectivity index (χ3v) is 4.68. The maximum atomic E-state index is 12.3. The summed E-state index contributed by atoms with van der Waals surface area (Å²) in [5, 5.41) is 0. The molecule has 2 heterocycles. The molecule has 106 valence electrons. The average Bonchev–Trinajstić information content (AvgIpc) is 2.71. The summed E-state index contributed by atoms with van der Waals surface area (Å²) in [7, 11) is 0. The number of Topliss-reactive ketones (excluding diaryl/α,β-unsaturated/α-hetero) is 1. The highest BCUT2D eigenvalue weighted by Gasteiger charge is 2.20. The second kappa shape index (κ2) is 6.64. The first-order chi connectivity index (χ1) is 9.10. The van der Waals surface area contributed by atoms with Crippen molar-refractivity contribution in [2.45, 2.75) is 27.2 Å². The van der Waals surface area contributed by atoms with Crippen LogP contribution in [0.25, 0.3) is 0 Å². The van der Waals surface area contributed by atoms with E-state index < -0.39 is 0 Å². The Bertz CT molecular complexity index is 433. The molecule has 0 N–H and O–H groups in total. The highest BCUT2D eigenvalue weighted by Crippen LogP contribution is 2.21. The van der Waals surface area contributed by atoms with Crippen LogP contribution in [0.4, 0.5) is 0 Å². The first-order valence-electron chi connectivity index (χ1n) is 7.15. The molecule has 1 aromatic rings. The number of nitrogens with zero attached hydrogens (tertiary/aromatic N) is 2. The van der Waals surface area contributed by atoms with Gasteiger partial charge in [-0.1, -0.05) is 6.92 Å². The second-order valence-corrected chi connectivity index (χ2v) is 6.83. The van der Waals surface area contributed by atoms with E-state index in [0.29, 0.717) is 6.54 Å². The van der Waals surface area contributed by atoms with Crippen LogP contribution >= 0.6 is 11.3 Å². The number of aryl methyl sites for hydroxylation is 2. The van der Waals surface area contributed by atoms with Gasteiger partial charge in [0.2, 0.25) is 0 Å². The van der Waals surface area contributed by atoms with Crippen LogP contribution in [0.1, 0.15) is 33.5 Å². The van der Waals surface area contributed by atoms with Gasteiger partial charge in [-0.3, -0.25) is 9.69 Å². The smallest absolute Gasteiger partial charge is 0.177 e. The Balaban J connectivity index is 1.85. The standard InChI is InChI=1S/C15H24N2OS/c1-4-5-16-6-8-17(9-7-16)11-15(18)14-10-12(2)19-13(14)3/h10H,4-9,11H2,1-3H3. The molecule has 0 aliphatic carbocycles. The molecular weight excluding hydrogens is 256 g/mol. The molecule has 0 amide bonds. The molecule has 3 nitrogen and oxygen atoms in total. The van der Waals surface area contributed by atoms with Gasteiger partial charge in [0, 0.05) is 41.5 Å². The van der Waals surface area contributed by atoms with Crippen LogP contribution in [-0.2, 0) is 0 Å². The molecule has 0 unspecified atom stereocenters. The number of ketones is 1. The van der Waals surface area contributed by atoms with Crippen molar-refractivity contribution in [1.82, 2.24) is 9.80 Å². The number of piperazine rings is 1. The minimum atomic E-state index is 0.283. The van der Waals surface area contributed by atoms with Crippen LogP contribution in [0.3, 0.4) is 0 Å². The zero-order valence-electron chi connectivity index (χ0n) is 12.2. The highest BCUT2D eigenvalue weighted by atomic mass is 32.1. The fourth-order valence-corrected chi connectivity index (χ4v) is 3.63. The summed E-state index contributed by atoms with van der Waals surface area (Å²) >= 11 is 1.72. The lowest BCUT2D eigenvalue weighted by Crippen LogP contribution is -2.47. The summed E-state index contributed by atoms with van der Waals surface area (Å²) in [6, 6.07) is 2.04. The minimum absolute atomic E-state index is 0.283. The van der Waals surface area contributed by atoms with Crippen LogP contribution < -0.4 is 0 Å². The Hall–Kier alpha value is -0.710. The zero-order chi connectivity index (χ0) is 13.8. The molecule has 1 fully saturated rings. The molecule has 1 aliphatic heterocycles. The Morgan fingerprint density at radius 2 is 1.84 bits per heavy atom. The molecular formula is C15H24N2OS. The van der Waals surface area contributed by atoms with E-state index in [4.69, 9.17) is 0 Å². The van der Waals surface area contributed by atoms with Crippen LogP contribution in [0.2, 0.25) is 0 Å². The molecule has 19 heavy (non-hydrogen) atoms. The van der Waals surface area contributed by atoms with Crippen molar-refractivity contribution in [2.75, 3.05) is 39.3 Å². The number of rotatable bonds is 5. The van der Waals surface area contributed by atoms with Gasteiger partial charge in [0.15, 0.2) is 5.78 Å². The molecule has 2 rings (SSSR count). The van der Waals surface area contributed by atoms with Gasteiger partial charge in [-0.25, -0.2) is 0 Å². The monoisotopic (exact) mass is 280 g/mol. The van der Waals surface area contributed by atoms with Crippen LogP contribution in [0.5, 0.6) is 0 Å². The van der Waals surface area contributed by atoms with Gasteiger partial charge in [0.1, 0.15) is 0 Å². The lowest BCUT2D eigenvalue weighted by Gasteiger charge is -2.34. The molecule has 0 radical (unpaired) electrons. The summed E-state index contributed by atoms with van der Waals surface area (Å²) in [4.78, 5) is 19.5. The van der Waals surface area contributed by atoms with Crippen molar-refractivity contribution in [3.05, 3.63) is 21.4 Å². The number of thiophene rings is 1. The van der Waals surface area contributed by atoms with Crippen molar-refractivity contribution in [3.8, 4) is 0 Å². The van der Waals surface area contributed by atoms with Crippen molar-refractivity contribution < 1.29 is 4.79 Å². The summed E-state index contributed by atoms with van der Waals surface area (Å²) < 4.78 is 0.